The van der Waals surface area contributed by atoms with Gasteiger partial charge in [-0.2, -0.15) is 0 Å². The number of rotatable bonds is 11. The van der Waals surface area contributed by atoms with E-state index in [9.17, 15) is 8.42 Å². The lowest BCUT2D eigenvalue weighted by molar-refractivity contribution is 0.411. The number of ether oxygens (including phenoxy) is 1. The van der Waals surface area contributed by atoms with E-state index in [0.29, 0.717) is 18.9 Å². The van der Waals surface area contributed by atoms with Gasteiger partial charge in [0.25, 0.3) is 0 Å². The second kappa shape index (κ2) is 14.3. The van der Waals surface area contributed by atoms with Crippen molar-refractivity contribution >= 4 is 39.8 Å². The summed E-state index contributed by atoms with van der Waals surface area (Å²) in [6.45, 7) is 5.96. The Morgan fingerprint density at radius 3 is 2.48 bits per heavy atom. The first-order chi connectivity index (χ1) is 14.4. The molecule has 0 aliphatic heterocycles. The summed E-state index contributed by atoms with van der Waals surface area (Å²) in [5, 5.41) is 6.51. The Morgan fingerprint density at radius 2 is 1.81 bits per heavy atom. The van der Waals surface area contributed by atoms with E-state index in [1.54, 1.807) is 7.11 Å². The van der Waals surface area contributed by atoms with Gasteiger partial charge in [-0.05, 0) is 49.4 Å². The minimum absolute atomic E-state index is 0. The minimum atomic E-state index is -3.13. The van der Waals surface area contributed by atoms with Crippen molar-refractivity contribution in [1.29, 1.82) is 0 Å². The second-order valence-electron chi connectivity index (χ2n) is 7.17. The van der Waals surface area contributed by atoms with E-state index in [-0.39, 0.29) is 35.5 Å². The molecule has 2 N–H and O–H groups in total. The van der Waals surface area contributed by atoms with Gasteiger partial charge in [0.2, 0.25) is 0 Å². The summed E-state index contributed by atoms with van der Waals surface area (Å²) in [7, 11) is -1.45. The van der Waals surface area contributed by atoms with Crippen LogP contribution in [0, 0.1) is 6.92 Å². The molecule has 2 aromatic carbocycles. The van der Waals surface area contributed by atoms with Crippen LogP contribution in [0.4, 0.5) is 0 Å². The summed E-state index contributed by atoms with van der Waals surface area (Å²) < 4.78 is 29.9. The van der Waals surface area contributed by atoms with Crippen LogP contribution in [-0.2, 0) is 22.0 Å². The highest BCUT2D eigenvalue weighted by Gasteiger charge is 2.11. The van der Waals surface area contributed by atoms with Crippen molar-refractivity contribution in [3.05, 3.63) is 65.2 Å². The fourth-order valence-electron chi connectivity index (χ4n) is 3.06. The SMILES string of the molecule is CCNC(=NCCCS(=O)(=O)Cc1ccccc1)NCCc1ccc(C)c(OC)c1.I. The van der Waals surface area contributed by atoms with Crippen molar-refractivity contribution < 1.29 is 13.2 Å². The third-order valence-electron chi connectivity index (χ3n) is 4.64. The first kappa shape index (κ1) is 27.2. The molecule has 31 heavy (non-hydrogen) atoms. The van der Waals surface area contributed by atoms with Crippen molar-refractivity contribution in [2.45, 2.75) is 32.4 Å². The lowest BCUT2D eigenvalue weighted by Gasteiger charge is -2.12. The number of hydrogen-bond donors (Lipinski definition) is 2. The van der Waals surface area contributed by atoms with Crippen molar-refractivity contribution in [2.24, 2.45) is 4.99 Å². The molecule has 6 nitrogen and oxygen atoms in total. The zero-order valence-corrected chi connectivity index (χ0v) is 21.7. The molecule has 172 valence electrons. The minimum Gasteiger partial charge on any atom is -0.496 e. The zero-order chi connectivity index (χ0) is 21.8. The molecule has 0 amide bonds. The average molecular weight is 560 g/mol. The molecular formula is C23H34IN3O3S. The maximum Gasteiger partial charge on any atom is 0.191 e. The number of guanidine groups is 1. The summed E-state index contributed by atoms with van der Waals surface area (Å²) in [6, 6.07) is 15.5. The summed E-state index contributed by atoms with van der Waals surface area (Å²) >= 11 is 0. The molecular weight excluding hydrogens is 525 g/mol. The lowest BCUT2D eigenvalue weighted by atomic mass is 10.1. The molecule has 0 atom stereocenters. The van der Waals surface area contributed by atoms with Gasteiger partial charge in [0.05, 0.1) is 18.6 Å². The van der Waals surface area contributed by atoms with Crippen LogP contribution in [0.25, 0.3) is 0 Å². The molecule has 0 aromatic heterocycles. The molecule has 8 heteroatoms. The number of halogens is 1. The maximum atomic E-state index is 12.3. The fraction of sp³-hybridized carbons (Fsp3) is 0.435. The van der Waals surface area contributed by atoms with Crippen molar-refractivity contribution in [3.63, 3.8) is 0 Å². The van der Waals surface area contributed by atoms with E-state index in [2.05, 4.69) is 33.8 Å². The third kappa shape index (κ3) is 10.4. The van der Waals surface area contributed by atoms with Crippen molar-refractivity contribution in [2.75, 3.05) is 32.5 Å². The first-order valence-corrected chi connectivity index (χ1v) is 12.2. The number of methoxy groups -OCH3 is 1. The molecule has 0 bridgehead atoms. The highest BCUT2D eigenvalue weighted by molar-refractivity contribution is 14.0. The zero-order valence-electron chi connectivity index (χ0n) is 18.6. The topological polar surface area (TPSA) is 79.8 Å². The molecule has 2 rings (SSSR count). The Hall–Kier alpha value is -1.81. The van der Waals surface area contributed by atoms with Crippen LogP contribution in [-0.4, -0.2) is 46.9 Å². The summed E-state index contributed by atoms with van der Waals surface area (Å²) in [4.78, 5) is 4.51. The quantitative estimate of drug-likeness (QED) is 0.190. The van der Waals surface area contributed by atoms with Gasteiger partial charge in [-0.3, -0.25) is 4.99 Å². The molecule has 0 aliphatic rings. The molecule has 0 saturated carbocycles. The van der Waals surface area contributed by atoms with Gasteiger partial charge in [-0.1, -0.05) is 42.5 Å². The van der Waals surface area contributed by atoms with Crippen LogP contribution < -0.4 is 15.4 Å². The number of hydrogen-bond acceptors (Lipinski definition) is 4. The predicted octanol–water partition coefficient (Wildman–Crippen LogP) is 3.72. The number of benzene rings is 2. The van der Waals surface area contributed by atoms with E-state index in [1.165, 1.54) is 5.56 Å². The van der Waals surface area contributed by atoms with Gasteiger partial charge < -0.3 is 15.4 Å². The number of nitrogens with zero attached hydrogens (tertiary/aromatic N) is 1. The van der Waals surface area contributed by atoms with Crippen molar-refractivity contribution in [3.8, 4) is 5.75 Å². The molecule has 0 spiro atoms. The van der Waals surface area contributed by atoms with Crippen LogP contribution in [0.15, 0.2) is 53.5 Å². The fourth-order valence-corrected chi connectivity index (χ4v) is 4.48. The Balaban J connectivity index is 0.00000480. The number of nitrogens with one attached hydrogen (secondary N) is 2. The monoisotopic (exact) mass is 559 g/mol. The van der Waals surface area contributed by atoms with E-state index in [0.717, 1.165) is 36.4 Å². The first-order valence-electron chi connectivity index (χ1n) is 10.3. The Kier molecular flexibility index (Phi) is 12.5. The predicted molar refractivity (Wildman–Crippen MR) is 139 cm³/mol. The van der Waals surface area contributed by atoms with Crippen LogP contribution in [0.5, 0.6) is 5.75 Å². The standard InChI is InChI=1S/C23H33N3O3S.HI/c1-4-24-23(26-15-13-20-12-11-19(2)22(17-20)29-3)25-14-8-16-30(27,28)18-21-9-6-5-7-10-21;/h5-7,9-12,17H,4,8,13-16,18H2,1-3H3,(H2,24,25,26);1H. The number of aliphatic imine (C=N–C) groups is 1. The van der Waals surface area contributed by atoms with Gasteiger partial charge in [0.15, 0.2) is 15.8 Å². The molecule has 0 heterocycles. The summed E-state index contributed by atoms with van der Waals surface area (Å²) in [6.07, 6.45) is 1.34. The second-order valence-corrected chi connectivity index (χ2v) is 9.36. The number of sulfone groups is 1. The van der Waals surface area contributed by atoms with E-state index in [1.807, 2.05) is 44.2 Å². The van der Waals surface area contributed by atoms with Gasteiger partial charge in [-0.25, -0.2) is 8.42 Å². The highest BCUT2D eigenvalue weighted by atomic mass is 127. The normalized spacial score (nSPS) is 11.5. The van der Waals surface area contributed by atoms with Gasteiger partial charge in [0.1, 0.15) is 5.75 Å². The smallest absolute Gasteiger partial charge is 0.191 e. The van der Waals surface area contributed by atoms with Crippen LogP contribution >= 0.6 is 24.0 Å². The molecule has 2 aromatic rings. The molecule has 0 saturated heterocycles. The molecule has 0 fully saturated rings. The van der Waals surface area contributed by atoms with Gasteiger partial charge >= 0.3 is 0 Å². The average Bonchev–Trinajstić information content (AvgIpc) is 2.72. The lowest BCUT2D eigenvalue weighted by Crippen LogP contribution is -2.38. The van der Waals surface area contributed by atoms with Gasteiger partial charge in [0, 0.05) is 19.6 Å². The van der Waals surface area contributed by atoms with Crippen LogP contribution in [0.3, 0.4) is 0 Å². The summed E-state index contributed by atoms with van der Waals surface area (Å²) in [5.74, 6) is 1.81. The van der Waals surface area contributed by atoms with Crippen LogP contribution in [0.2, 0.25) is 0 Å². The van der Waals surface area contributed by atoms with Crippen LogP contribution in [0.1, 0.15) is 30.0 Å². The molecule has 0 radical (unpaired) electrons. The largest absolute Gasteiger partial charge is 0.496 e. The van der Waals surface area contributed by atoms with Crippen molar-refractivity contribution in [1.82, 2.24) is 10.6 Å². The Labute approximate surface area is 203 Å². The Bertz CT molecular complexity index is 919. The molecule has 0 unspecified atom stereocenters. The highest BCUT2D eigenvalue weighted by Crippen LogP contribution is 2.19. The van der Waals surface area contributed by atoms with E-state index >= 15 is 0 Å². The Morgan fingerprint density at radius 1 is 1.06 bits per heavy atom. The van der Waals surface area contributed by atoms with Gasteiger partial charge in [-0.15, -0.1) is 24.0 Å². The summed E-state index contributed by atoms with van der Waals surface area (Å²) in [5.41, 5.74) is 3.13. The molecule has 0 aliphatic carbocycles. The third-order valence-corrected chi connectivity index (χ3v) is 6.32. The maximum absolute atomic E-state index is 12.3. The van der Waals surface area contributed by atoms with E-state index < -0.39 is 9.84 Å². The number of aryl methyl sites for hydroxylation is 1. The van der Waals surface area contributed by atoms with E-state index in [4.69, 9.17) is 4.74 Å².